The first-order valence-corrected chi connectivity index (χ1v) is 6.32. The van der Waals surface area contributed by atoms with Gasteiger partial charge >= 0.3 is 0 Å². The summed E-state index contributed by atoms with van der Waals surface area (Å²) in [6.07, 6.45) is 6.06. The van der Waals surface area contributed by atoms with Gasteiger partial charge in [0.05, 0.1) is 6.10 Å². The Morgan fingerprint density at radius 3 is 2.88 bits per heavy atom. The van der Waals surface area contributed by atoms with E-state index in [1.165, 1.54) is 6.42 Å². The maximum atomic E-state index is 11.5. The maximum absolute atomic E-state index is 11.5. The molecule has 1 amide bonds. The summed E-state index contributed by atoms with van der Waals surface area (Å²) in [6, 6.07) is 0.155. The number of carbonyl (C=O) groups excluding carboxylic acids is 1. The van der Waals surface area contributed by atoms with Crippen LogP contribution in [0.2, 0.25) is 0 Å². The smallest absolute Gasteiger partial charge is 0.220 e. The topological polar surface area (TPSA) is 64.3 Å². The molecule has 1 heterocycles. The monoisotopic (exact) mass is 264 g/mol. The molecule has 1 fully saturated rings. The van der Waals surface area contributed by atoms with Crippen LogP contribution in [0.4, 0.5) is 0 Å². The van der Waals surface area contributed by atoms with Crippen molar-refractivity contribution in [1.82, 2.24) is 5.32 Å². The van der Waals surface area contributed by atoms with E-state index in [1.807, 2.05) is 6.92 Å². The molecule has 2 unspecified atom stereocenters. The normalized spacial score (nSPS) is 21.4. The van der Waals surface area contributed by atoms with Gasteiger partial charge in [-0.05, 0) is 39.0 Å². The molecule has 0 aromatic rings. The summed E-state index contributed by atoms with van der Waals surface area (Å²) >= 11 is 0. The predicted molar refractivity (Wildman–Crippen MR) is 71.3 cm³/mol. The van der Waals surface area contributed by atoms with E-state index < -0.39 is 0 Å². The van der Waals surface area contributed by atoms with Crippen LogP contribution in [-0.4, -0.2) is 31.2 Å². The van der Waals surface area contributed by atoms with Crippen LogP contribution in [0.1, 0.15) is 45.4 Å². The minimum Gasteiger partial charge on any atom is -0.378 e. The van der Waals surface area contributed by atoms with Crippen molar-refractivity contribution in [1.29, 1.82) is 0 Å². The molecule has 1 saturated heterocycles. The average molecular weight is 265 g/mol. The van der Waals surface area contributed by atoms with Crippen molar-refractivity contribution in [2.75, 3.05) is 13.2 Å². The molecule has 3 N–H and O–H groups in total. The van der Waals surface area contributed by atoms with E-state index >= 15 is 0 Å². The Kier molecular flexibility index (Phi) is 9.50. The molecule has 0 aromatic carbocycles. The van der Waals surface area contributed by atoms with E-state index in [1.54, 1.807) is 0 Å². The Morgan fingerprint density at radius 2 is 2.29 bits per heavy atom. The van der Waals surface area contributed by atoms with Crippen molar-refractivity contribution < 1.29 is 9.53 Å². The number of hydrogen-bond donors (Lipinski definition) is 2. The van der Waals surface area contributed by atoms with E-state index in [2.05, 4.69) is 5.32 Å². The van der Waals surface area contributed by atoms with Crippen molar-refractivity contribution in [3.05, 3.63) is 0 Å². The lowest BCUT2D eigenvalue weighted by Crippen LogP contribution is -2.30. The minimum absolute atomic E-state index is 0. The lowest BCUT2D eigenvalue weighted by Gasteiger charge is -2.22. The van der Waals surface area contributed by atoms with E-state index in [4.69, 9.17) is 10.5 Å². The van der Waals surface area contributed by atoms with Crippen LogP contribution in [0.25, 0.3) is 0 Å². The Morgan fingerprint density at radius 1 is 1.53 bits per heavy atom. The molecule has 0 aliphatic carbocycles. The number of nitrogens with two attached hydrogens (primary N) is 1. The first-order valence-electron chi connectivity index (χ1n) is 6.32. The quantitative estimate of drug-likeness (QED) is 0.766. The molecule has 0 spiro atoms. The second-order valence-electron chi connectivity index (χ2n) is 4.64. The fourth-order valence-corrected chi connectivity index (χ4v) is 1.85. The molecule has 0 radical (unpaired) electrons. The first-order chi connectivity index (χ1) is 7.68. The molecule has 0 saturated carbocycles. The first kappa shape index (κ1) is 16.7. The van der Waals surface area contributed by atoms with Crippen LogP contribution in [0.3, 0.4) is 0 Å². The summed E-state index contributed by atoms with van der Waals surface area (Å²) in [5, 5.41) is 2.88. The van der Waals surface area contributed by atoms with Gasteiger partial charge in [0, 0.05) is 25.6 Å². The van der Waals surface area contributed by atoms with Gasteiger partial charge in [-0.1, -0.05) is 0 Å². The zero-order valence-corrected chi connectivity index (χ0v) is 11.4. The second kappa shape index (κ2) is 9.68. The van der Waals surface area contributed by atoms with Gasteiger partial charge in [0.25, 0.3) is 0 Å². The molecule has 17 heavy (non-hydrogen) atoms. The zero-order chi connectivity index (χ0) is 11.8. The Bertz CT molecular complexity index is 207. The number of halogens is 1. The van der Waals surface area contributed by atoms with Gasteiger partial charge < -0.3 is 15.8 Å². The Balaban J connectivity index is 0.00000256. The van der Waals surface area contributed by atoms with Gasteiger partial charge in [-0.15, -0.1) is 12.4 Å². The van der Waals surface area contributed by atoms with Crippen molar-refractivity contribution in [2.24, 2.45) is 5.73 Å². The van der Waals surface area contributed by atoms with Crippen molar-refractivity contribution in [2.45, 2.75) is 57.6 Å². The average Bonchev–Trinajstić information content (AvgIpc) is 2.27. The second-order valence-corrected chi connectivity index (χ2v) is 4.64. The molecular weight excluding hydrogens is 240 g/mol. The SMILES string of the molecule is CC(N)CCNC(=O)CCC1CCCCO1.Cl. The van der Waals surface area contributed by atoms with Crippen molar-refractivity contribution in [3.63, 3.8) is 0 Å². The molecule has 102 valence electrons. The molecule has 1 aliphatic rings. The molecule has 0 aromatic heterocycles. The highest BCUT2D eigenvalue weighted by atomic mass is 35.5. The molecule has 0 bridgehead atoms. The van der Waals surface area contributed by atoms with Gasteiger partial charge in [-0.3, -0.25) is 4.79 Å². The number of carbonyl (C=O) groups is 1. The third-order valence-corrected chi connectivity index (χ3v) is 2.89. The fourth-order valence-electron chi connectivity index (χ4n) is 1.85. The Labute approximate surface area is 110 Å². The van der Waals surface area contributed by atoms with Crippen LogP contribution >= 0.6 is 12.4 Å². The maximum Gasteiger partial charge on any atom is 0.220 e. The highest BCUT2D eigenvalue weighted by Gasteiger charge is 2.14. The molecular formula is C12H25ClN2O2. The van der Waals surface area contributed by atoms with E-state index in [9.17, 15) is 4.79 Å². The van der Waals surface area contributed by atoms with Gasteiger partial charge in [0.15, 0.2) is 0 Å². The number of rotatable bonds is 6. The van der Waals surface area contributed by atoms with Gasteiger partial charge in [0.1, 0.15) is 0 Å². The van der Waals surface area contributed by atoms with Crippen LogP contribution in [-0.2, 0) is 9.53 Å². The van der Waals surface area contributed by atoms with Crippen LogP contribution in [0.15, 0.2) is 0 Å². The molecule has 2 atom stereocenters. The minimum atomic E-state index is 0. The summed E-state index contributed by atoms with van der Waals surface area (Å²) in [5.74, 6) is 0.120. The molecule has 1 rings (SSSR count). The standard InChI is InChI=1S/C12H24N2O2.ClH/c1-10(13)7-8-14-12(15)6-5-11-4-2-3-9-16-11;/h10-11H,2-9,13H2,1H3,(H,14,15);1H. The van der Waals surface area contributed by atoms with Crippen LogP contribution in [0.5, 0.6) is 0 Å². The summed E-state index contributed by atoms with van der Waals surface area (Å²) < 4.78 is 5.57. The summed E-state index contributed by atoms with van der Waals surface area (Å²) in [7, 11) is 0. The number of hydrogen-bond acceptors (Lipinski definition) is 3. The highest BCUT2D eigenvalue weighted by molar-refractivity contribution is 5.85. The van der Waals surface area contributed by atoms with Gasteiger partial charge in [-0.25, -0.2) is 0 Å². The molecule has 1 aliphatic heterocycles. The summed E-state index contributed by atoms with van der Waals surface area (Å²) in [4.78, 5) is 11.5. The number of nitrogens with one attached hydrogen (secondary N) is 1. The number of amides is 1. The largest absolute Gasteiger partial charge is 0.378 e. The predicted octanol–water partition coefficient (Wildman–Crippen LogP) is 1.61. The summed E-state index contributed by atoms with van der Waals surface area (Å²) in [6.45, 7) is 3.49. The lowest BCUT2D eigenvalue weighted by atomic mass is 10.0. The van der Waals surface area contributed by atoms with E-state index in [-0.39, 0.29) is 24.4 Å². The Hall–Kier alpha value is -0.320. The zero-order valence-electron chi connectivity index (χ0n) is 10.6. The lowest BCUT2D eigenvalue weighted by molar-refractivity contribution is -0.122. The highest BCUT2D eigenvalue weighted by Crippen LogP contribution is 2.16. The van der Waals surface area contributed by atoms with Crippen molar-refractivity contribution >= 4 is 18.3 Å². The van der Waals surface area contributed by atoms with Crippen molar-refractivity contribution in [3.8, 4) is 0 Å². The van der Waals surface area contributed by atoms with Gasteiger partial charge in [-0.2, -0.15) is 0 Å². The van der Waals surface area contributed by atoms with Gasteiger partial charge in [0.2, 0.25) is 5.91 Å². The van der Waals surface area contributed by atoms with E-state index in [0.29, 0.717) is 19.1 Å². The number of ether oxygens (including phenoxy) is 1. The van der Waals surface area contributed by atoms with E-state index in [0.717, 1.165) is 32.3 Å². The molecule has 5 heteroatoms. The summed E-state index contributed by atoms with van der Waals surface area (Å²) in [5.41, 5.74) is 5.60. The third kappa shape index (κ3) is 8.41. The fraction of sp³-hybridized carbons (Fsp3) is 0.917. The van der Waals surface area contributed by atoms with Crippen LogP contribution < -0.4 is 11.1 Å². The third-order valence-electron chi connectivity index (χ3n) is 2.89. The molecule has 4 nitrogen and oxygen atoms in total. The van der Waals surface area contributed by atoms with Crippen LogP contribution in [0, 0.1) is 0 Å².